The summed E-state index contributed by atoms with van der Waals surface area (Å²) in [6, 6.07) is 6.50. The largest absolute Gasteiger partial charge is 0.508 e. The number of rotatable bonds is 4. The Bertz CT molecular complexity index is 1060. The van der Waals surface area contributed by atoms with Crippen LogP contribution in [0.15, 0.2) is 36.7 Å². The third kappa shape index (κ3) is 4.20. The van der Waals surface area contributed by atoms with Crippen LogP contribution in [0.25, 0.3) is 11.2 Å². The molecule has 30 heavy (non-hydrogen) atoms. The molecular weight excluding hydrogens is 389 g/mol. The molecule has 0 saturated heterocycles. The van der Waals surface area contributed by atoms with Crippen LogP contribution in [0.4, 0.5) is 15.0 Å². The lowest BCUT2D eigenvalue weighted by molar-refractivity contribution is 0.118. The van der Waals surface area contributed by atoms with E-state index in [1.807, 2.05) is 0 Å². The van der Waals surface area contributed by atoms with Gasteiger partial charge >= 0.3 is 6.03 Å². The highest BCUT2D eigenvalue weighted by molar-refractivity contribution is 5.87. The molecule has 3 aromatic rings. The van der Waals surface area contributed by atoms with E-state index in [0.717, 1.165) is 12.8 Å². The molecular formula is C21H24FN5O3. The number of phenols is 1. The summed E-state index contributed by atoms with van der Waals surface area (Å²) in [5.41, 5.74) is 1.36. The molecule has 1 saturated carbocycles. The van der Waals surface area contributed by atoms with Gasteiger partial charge < -0.3 is 20.8 Å². The van der Waals surface area contributed by atoms with Crippen molar-refractivity contribution in [2.75, 3.05) is 5.32 Å². The van der Waals surface area contributed by atoms with Crippen LogP contribution < -0.4 is 10.6 Å². The maximum atomic E-state index is 13.5. The Morgan fingerprint density at radius 2 is 2.00 bits per heavy atom. The van der Waals surface area contributed by atoms with E-state index in [2.05, 4.69) is 20.6 Å². The molecule has 0 radical (unpaired) electrons. The van der Waals surface area contributed by atoms with Gasteiger partial charge in [0.15, 0.2) is 5.65 Å². The van der Waals surface area contributed by atoms with Gasteiger partial charge in [-0.15, -0.1) is 0 Å². The van der Waals surface area contributed by atoms with Gasteiger partial charge in [-0.2, -0.15) is 0 Å². The van der Waals surface area contributed by atoms with Crippen molar-refractivity contribution in [1.82, 2.24) is 19.9 Å². The lowest BCUT2D eigenvalue weighted by atomic mass is 9.93. The van der Waals surface area contributed by atoms with E-state index in [1.54, 1.807) is 19.1 Å². The van der Waals surface area contributed by atoms with Gasteiger partial charge in [0, 0.05) is 11.6 Å². The Hall–Kier alpha value is -3.20. The molecule has 0 aliphatic heterocycles. The van der Waals surface area contributed by atoms with Gasteiger partial charge in [0.1, 0.15) is 29.2 Å². The molecule has 8 nitrogen and oxygen atoms in total. The van der Waals surface area contributed by atoms with Crippen LogP contribution in [0.3, 0.4) is 0 Å². The maximum Gasteiger partial charge on any atom is 0.328 e. The molecule has 1 fully saturated rings. The second kappa shape index (κ2) is 8.27. The molecule has 158 valence electrons. The molecule has 1 atom stereocenters. The van der Waals surface area contributed by atoms with Gasteiger partial charge in [0.2, 0.25) is 0 Å². The minimum absolute atomic E-state index is 0.00984. The Labute approximate surface area is 172 Å². The Kier molecular flexibility index (Phi) is 5.54. The maximum absolute atomic E-state index is 13.5. The number of benzene rings is 1. The molecule has 2 heterocycles. The second-order valence-corrected chi connectivity index (χ2v) is 7.68. The minimum atomic E-state index is -0.440. The number of amides is 1. The number of anilines is 1. The van der Waals surface area contributed by atoms with E-state index < -0.39 is 11.9 Å². The number of phenolic OH excluding ortho intramolecular Hbond substituents is 1. The molecule has 1 aliphatic carbocycles. The zero-order chi connectivity index (χ0) is 21.3. The number of pyridine rings is 1. The number of carbonyl (C=O) groups is 1. The molecule has 0 unspecified atom stereocenters. The third-order valence-electron chi connectivity index (χ3n) is 5.46. The lowest BCUT2D eigenvalue weighted by Gasteiger charge is -2.26. The summed E-state index contributed by atoms with van der Waals surface area (Å²) in [6.07, 6.45) is 3.94. The predicted octanol–water partition coefficient (Wildman–Crippen LogP) is 3.31. The molecule has 1 aliphatic rings. The first-order valence-corrected chi connectivity index (χ1v) is 9.98. The van der Waals surface area contributed by atoms with E-state index in [1.165, 1.54) is 29.1 Å². The van der Waals surface area contributed by atoms with Crippen molar-refractivity contribution in [1.29, 1.82) is 0 Å². The molecule has 1 aromatic carbocycles. The molecule has 0 bridgehead atoms. The van der Waals surface area contributed by atoms with Crippen LogP contribution in [0.5, 0.6) is 5.75 Å². The fourth-order valence-corrected chi connectivity index (χ4v) is 3.76. The summed E-state index contributed by atoms with van der Waals surface area (Å²) in [7, 11) is 0. The summed E-state index contributed by atoms with van der Waals surface area (Å²) < 4.78 is 14.9. The highest BCUT2D eigenvalue weighted by Gasteiger charge is 2.22. The molecule has 4 N–H and O–H groups in total. The quantitative estimate of drug-likeness (QED) is 0.522. The highest BCUT2D eigenvalue weighted by Crippen LogP contribution is 2.27. The number of nitrogens with one attached hydrogen (secondary N) is 2. The third-order valence-corrected chi connectivity index (χ3v) is 5.46. The zero-order valence-electron chi connectivity index (χ0n) is 16.5. The molecule has 2 aromatic heterocycles. The van der Waals surface area contributed by atoms with Crippen molar-refractivity contribution in [3.05, 3.63) is 48.0 Å². The van der Waals surface area contributed by atoms with Crippen molar-refractivity contribution in [3.8, 4) is 5.75 Å². The van der Waals surface area contributed by atoms with Gasteiger partial charge in [-0.3, -0.25) is 0 Å². The first-order valence-electron chi connectivity index (χ1n) is 9.98. The Morgan fingerprint density at radius 3 is 2.77 bits per heavy atom. The van der Waals surface area contributed by atoms with Crippen LogP contribution >= 0.6 is 0 Å². The average Bonchev–Trinajstić information content (AvgIpc) is 3.15. The van der Waals surface area contributed by atoms with Crippen molar-refractivity contribution in [3.63, 3.8) is 0 Å². The standard InChI is InChI=1S/C21H24FN5O3/c1-12(16-10-13(22)2-8-18(16)29)24-19-9-7-17-20(26-19)27(11-23-17)21(30)25-14-3-5-15(28)6-4-14/h2,7-12,14-15,28-29H,3-6H2,1H3,(H,24,26)(H,25,30)/t12-,14?,15?/m1/s1. The summed E-state index contributed by atoms with van der Waals surface area (Å²) in [5, 5.41) is 25.7. The first kappa shape index (κ1) is 20.1. The van der Waals surface area contributed by atoms with Gasteiger partial charge in [0.25, 0.3) is 0 Å². The topological polar surface area (TPSA) is 112 Å². The monoisotopic (exact) mass is 413 g/mol. The normalized spacial score (nSPS) is 20.1. The highest BCUT2D eigenvalue weighted by atomic mass is 19.1. The first-order chi connectivity index (χ1) is 14.4. The van der Waals surface area contributed by atoms with E-state index >= 15 is 0 Å². The summed E-state index contributed by atoms with van der Waals surface area (Å²) in [6.45, 7) is 1.78. The molecule has 1 amide bonds. The van der Waals surface area contributed by atoms with E-state index in [4.69, 9.17) is 0 Å². The Morgan fingerprint density at radius 1 is 1.23 bits per heavy atom. The molecule has 9 heteroatoms. The summed E-state index contributed by atoms with van der Waals surface area (Å²) in [4.78, 5) is 21.4. The smallest absolute Gasteiger partial charge is 0.328 e. The SMILES string of the molecule is C[C@@H](Nc1ccc2ncn(C(=O)NC3CCC(O)CC3)c2n1)c1cc(F)ccc1O. The molecule has 4 rings (SSSR count). The number of fused-ring (bicyclic) bond motifs is 1. The number of halogens is 1. The van der Waals surface area contributed by atoms with Crippen molar-refractivity contribution < 1.29 is 19.4 Å². The van der Waals surface area contributed by atoms with Gasteiger partial charge in [-0.1, -0.05) is 0 Å². The fourth-order valence-electron chi connectivity index (χ4n) is 3.76. The van der Waals surface area contributed by atoms with Gasteiger partial charge in [0.05, 0.1) is 12.1 Å². The fraction of sp³-hybridized carbons (Fsp3) is 0.381. The van der Waals surface area contributed by atoms with Gasteiger partial charge in [-0.05, 0) is 62.9 Å². The number of aliphatic hydroxyl groups excluding tert-OH is 1. The number of aromatic hydroxyl groups is 1. The molecule has 0 spiro atoms. The number of carbonyl (C=O) groups excluding carboxylic acids is 1. The van der Waals surface area contributed by atoms with E-state index in [9.17, 15) is 19.4 Å². The van der Waals surface area contributed by atoms with Crippen LogP contribution in [0.1, 0.15) is 44.2 Å². The number of hydrogen-bond acceptors (Lipinski definition) is 6. The Balaban J connectivity index is 1.52. The number of hydrogen-bond donors (Lipinski definition) is 4. The number of aromatic nitrogens is 3. The van der Waals surface area contributed by atoms with Crippen LogP contribution in [-0.2, 0) is 0 Å². The van der Waals surface area contributed by atoms with Crippen molar-refractivity contribution in [2.45, 2.75) is 50.8 Å². The van der Waals surface area contributed by atoms with Crippen molar-refractivity contribution in [2.24, 2.45) is 0 Å². The van der Waals surface area contributed by atoms with Crippen LogP contribution in [0, 0.1) is 5.82 Å². The minimum Gasteiger partial charge on any atom is -0.508 e. The average molecular weight is 413 g/mol. The van der Waals surface area contributed by atoms with Crippen LogP contribution in [-0.4, -0.2) is 42.9 Å². The summed E-state index contributed by atoms with van der Waals surface area (Å²) in [5.74, 6) is 0.0124. The van der Waals surface area contributed by atoms with Crippen molar-refractivity contribution >= 4 is 23.0 Å². The summed E-state index contributed by atoms with van der Waals surface area (Å²) >= 11 is 0. The van der Waals surface area contributed by atoms with Crippen LogP contribution in [0.2, 0.25) is 0 Å². The van der Waals surface area contributed by atoms with E-state index in [0.29, 0.717) is 35.4 Å². The number of aliphatic hydroxyl groups is 1. The second-order valence-electron chi connectivity index (χ2n) is 7.68. The lowest BCUT2D eigenvalue weighted by Crippen LogP contribution is -2.40. The van der Waals surface area contributed by atoms with E-state index in [-0.39, 0.29) is 23.9 Å². The predicted molar refractivity (Wildman–Crippen MR) is 110 cm³/mol. The van der Waals surface area contributed by atoms with Gasteiger partial charge in [-0.25, -0.2) is 23.7 Å². The zero-order valence-corrected chi connectivity index (χ0v) is 16.5. The number of imidazole rings is 1. The number of nitrogens with zero attached hydrogens (tertiary/aromatic N) is 3.